The van der Waals surface area contributed by atoms with Crippen LogP contribution in [0.4, 0.5) is 0 Å². The SMILES string of the molecule is CCCCCCC(C)n1sccc1=O. The summed E-state index contributed by atoms with van der Waals surface area (Å²) in [6.07, 6.45) is 6.24. The van der Waals surface area contributed by atoms with Crippen molar-refractivity contribution in [2.24, 2.45) is 0 Å². The molecule has 0 aliphatic heterocycles. The standard InChI is InChI=1S/C11H19NOS/c1-3-4-5-6-7-10(2)12-11(13)8-9-14-12/h8-10H,3-7H2,1-2H3. The molecule has 0 saturated heterocycles. The second kappa shape index (κ2) is 6.02. The number of hydrogen-bond acceptors (Lipinski definition) is 2. The molecule has 0 aromatic carbocycles. The Morgan fingerprint density at radius 3 is 2.79 bits per heavy atom. The zero-order chi connectivity index (χ0) is 10.4. The van der Waals surface area contributed by atoms with E-state index in [1.807, 2.05) is 9.34 Å². The van der Waals surface area contributed by atoms with E-state index in [-0.39, 0.29) is 5.56 Å². The summed E-state index contributed by atoms with van der Waals surface area (Å²) in [5.74, 6) is 0. The Balaban J connectivity index is 2.32. The summed E-state index contributed by atoms with van der Waals surface area (Å²) in [6, 6.07) is 2.02. The molecule has 3 heteroatoms. The summed E-state index contributed by atoms with van der Waals surface area (Å²) in [6.45, 7) is 4.34. The molecule has 0 radical (unpaired) electrons. The van der Waals surface area contributed by atoms with Crippen molar-refractivity contribution >= 4 is 11.5 Å². The molecule has 1 aromatic rings. The predicted molar refractivity (Wildman–Crippen MR) is 62.0 cm³/mol. The lowest BCUT2D eigenvalue weighted by molar-refractivity contribution is 0.490. The number of aromatic nitrogens is 1. The summed E-state index contributed by atoms with van der Waals surface area (Å²) in [7, 11) is 0. The second-order valence-corrected chi connectivity index (χ2v) is 4.65. The summed E-state index contributed by atoms with van der Waals surface area (Å²) in [5.41, 5.74) is 0.151. The van der Waals surface area contributed by atoms with Crippen LogP contribution in [0.5, 0.6) is 0 Å². The van der Waals surface area contributed by atoms with E-state index in [0.717, 1.165) is 6.42 Å². The normalized spacial score (nSPS) is 13.0. The van der Waals surface area contributed by atoms with Gasteiger partial charge in [-0.1, -0.05) is 44.1 Å². The van der Waals surface area contributed by atoms with Crippen LogP contribution in [0.2, 0.25) is 0 Å². The first-order chi connectivity index (χ1) is 6.75. The molecule has 0 aliphatic rings. The smallest absolute Gasteiger partial charge is 0.260 e. The molecule has 0 saturated carbocycles. The molecular formula is C11H19NOS. The van der Waals surface area contributed by atoms with Crippen LogP contribution in [0.15, 0.2) is 16.2 Å². The molecule has 1 heterocycles. The first-order valence-electron chi connectivity index (χ1n) is 5.42. The Morgan fingerprint density at radius 1 is 1.43 bits per heavy atom. The van der Waals surface area contributed by atoms with Crippen LogP contribution < -0.4 is 5.56 Å². The number of nitrogens with zero attached hydrogens (tertiary/aromatic N) is 1. The number of unbranched alkanes of at least 4 members (excludes halogenated alkanes) is 3. The van der Waals surface area contributed by atoms with E-state index in [1.54, 1.807) is 6.07 Å². The largest absolute Gasteiger partial charge is 0.268 e. The van der Waals surface area contributed by atoms with Gasteiger partial charge >= 0.3 is 0 Å². The Morgan fingerprint density at radius 2 is 2.21 bits per heavy atom. The minimum Gasteiger partial charge on any atom is -0.268 e. The molecule has 1 rings (SSSR count). The van der Waals surface area contributed by atoms with Crippen LogP contribution in [0.3, 0.4) is 0 Å². The molecular weight excluding hydrogens is 194 g/mol. The third-order valence-electron chi connectivity index (χ3n) is 2.48. The molecule has 1 aromatic heterocycles. The van der Waals surface area contributed by atoms with Gasteiger partial charge in [0.05, 0.1) is 0 Å². The molecule has 1 atom stereocenters. The topological polar surface area (TPSA) is 22.0 Å². The van der Waals surface area contributed by atoms with Gasteiger partial charge in [0.25, 0.3) is 5.56 Å². The fourth-order valence-corrected chi connectivity index (χ4v) is 2.37. The summed E-state index contributed by atoms with van der Waals surface area (Å²) >= 11 is 1.53. The van der Waals surface area contributed by atoms with Gasteiger partial charge in [0.15, 0.2) is 0 Å². The predicted octanol–water partition coefficient (Wildman–Crippen LogP) is 3.44. The highest BCUT2D eigenvalue weighted by Gasteiger charge is 2.06. The van der Waals surface area contributed by atoms with Crippen molar-refractivity contribution in [2.75, 3.05) is 0 Å². The summed E-state index contributed by atoms with van der Waals surface area (Å²) in [5, 5.41) is 1.87. The highest BCUT2D eigenvalue weighted by Crippen LogP contribution is 2.15. The third kappa shape index (κ3) is 3.29. The second-order valence-electron chi connectivity index (χ2n) is 3.77. The van der Waals surface area contributed by atoms with Gasteiger partial charge in [0.2, 0.25) is 0 Å². The average Bonchev–Trinajstić information content (AvgIpc) is 2.59. The fourth-order valence-electron chi connectivity index (χ4n) is 1.58. The van der Waals surface area contributed by atoms with Gasteiger partial charge in [-0.25, -0.2) is 0 Å². The Labute approximate surface area is 89.7 Å². The van der Waals surface area contributed by atoms with Crippen molar-refractivity contribution in [3.8, 4) is 0 Å². The van der Waals surface area contributed by atoms with Crippen LogP contribution in [0.1, 0.15) is 52.0 Å². The van der Waals surface area contributed by atoms with Crippen molar-refractivity contribution in [3.63, 3.8) is 0 Å². The minimum absolute atomic E-state index is 0.151. The molecule has 0 N–H and O–H groups in total. The van der Waals surface area contributed by atoms with Crippen molar-refractivity contribution in [1.82, 2.24) is 3.96 Å². The lowest BCUT2D eigenvalue weighted by Crippen LogP contribution is -2.16. The zero-order valence-electron chi connectivity index (χ0n) is 9.03. The number of hydrogen-bond donors (Lipinski definition) is 0. The fraction of sp³-hybridized carbons (Fsp3) is 0.727. The van der Waals surface area contributed by atoms with E-state index < -0.39 is 0 Å². The van der Waals surface area contributed by atoms with E-state index in [1.165, 1.54) is 37.2 Å². The first-order valence-corrected chi connectivity index (χ1v) is 6.26. The van der Waals surface area contributed by atoms with Crippen LogP contribution >= 0.6 is 11.5 Å². The zero-order valence-corrected chi connectivity index (χ0v) is 9.85. The quantitative estimate of drug-likeness (QED) is 0.663. The Kier molecular flexibility index (Phi) is 4.94. The van der Waals surface area contributed by atoms with Crippen molar-refractivity contribution in [2.45, 2.75) is 52.0 Å². The Hall–Kier alpha value is -0.570. The molecule has 2 nitrogen and oxygen atoms in total. The van der Waals surface area contributed by atoms with Gasteiger partial charge in [-0.15, -0.1) is 0 Å². The monoisotopic (exact) mass is 213 g/mol. The van der Waals surface area contributed by atoms with E-state index in [4.69, 9.17) is 0 Å². The third-order valence-corrected chi connectivity index (χ3v) is 3.50. The van der Waals surface area contributed by atoms with E-state index >= 15 is 0 Å². The average molecular weight is 213 g/mol. The number of rotatable bonds is 6. The van der Waals surface area contributed by atoms with Gasteiger partial charge in [-0.05, 0) is 13.3 Å². The lowest BCUT2D eigenvalue weighted by Gasteiger charge is -2.10. The summed E-state index contributed by atoms with van der Waals surface area (Å²) in [4.78, 5) is 11.3. The molecule has 0 spiro atoms. The molecule has 14 heavy (non-hydrogen) atoms. The van der Waals surface area contributed by atoms with Gasteiger partial charge in [0.1, 0.15) is 0 Å². The molecule has 0 bridgehead atoms. The minimum atomic E-state index is 0.151. The van der Waals surface area contributed by atoms with Crippen molar-refractivity contribution < 1.29 is 0 Å². The van der Waals surface area contributed by atoms with Crippen molar-refractivity contribution in [1.29, 1.82) is 0 Å². The highest BCUT2D eigenvalue weighted by molar-refractivity contribution is 7.04. The highest BCUT2D eigenvalue weighted by atomic mass is 32.1. The van der Waals surface area contributed by atoms with Crippen LogP contribution in [0.25, 0.3) is 0 Å². The lowest BCUT2D eigenvalue weighted by atomic mass is 10.1. The van der Waals surface area contributed by atoms with Crippen LogP contribution in [-0.2, 0) is 0 Å². The maximum absolute atomic E-state index is 11.3. The van der Waals surface area contributed by atoms with Gasteiger partial charge in [-0.3, -0.25) is 8.75 Å². The molecule has 80 valence electrons. The molecule has 0 fully saturated rings. The maximum Gasteiger partial charge on any atom is 0.260 e. The van der Waals surface area contributed by atoms with E-state index in [2.05, 4.69) is 13.8 Å². The van der Waals surface area contributed by atoms with Gasteiger partial charge in [0, 0.05) is 17.5 Å². The van der Waals surface area contributed by atoms with E-state index in [9.17, 15) is 4.79 Å². The van der Waals surface area contributed by atoms with Crippen molar-refractivity contribution in [3.05, 3.63) is 21.8 Å². The molecule has 0 amide bonds. The maximum atomic E-state index is 11.3. The van der Waals surface area contributed by atoms with Crippen LogP contribution in [0, 0.1) is 0 Å². The van der Waals surface area contributed by atoms with Crippen LogP contribution in [-0.4, -0.2) is 3.96 Å². The molecule has 1 unspecified atom stereocenters. The first kappa shape index (κ1) is 11.5. The van der Waals surface area contributed by atoms with Gasteiger partial charge in [-0.2, -0.15) is 0 Å². The van der Waals surface area contributed by atoms with E-state index in [0.29, 0.717) is 6.04 Å². The Bertz CT molecular complexity index is 302. The van der Waals surface area contributed by atoms with Gasteiger partial charge < -0.3 is 0 Å². The molecule has 0 aliphatic carbocycles. The summed E-state index contributed by atoms with van der Waals surface area (Å²) < 4.78 is 1.87.